The Morgan fingerprint density at radius 3 is 2.53 bits per heavy atom. The molecule has 5 aliphatic rings. The molecule has 6 atom stereocenters. The molecule has 2 aliphatic heterocycles. The Morgan fingerprint density at radius 1 is 1.13 bits per heavy atom. The van der Waals surface area contributed by atoms with E-state index in [1.807, 2.05) is 13.8 Å². The summed E-state index contributed by atoms with van der Waals surface area (Å²) in [5.41, 5.74) is 3.81. The van der Waals surface area contributed by atoms with Crippen LogP contribution in [0.4, 0.5) is 0 Å². The fourth-order valence-electron chi connectivity index (χ4n) is 7.05. The molecule has 0 aromatic carbocycles. The van der Waals surface area contributed by atoms with Gasteiger partial charge in [0.05, 0.1) is 12.7 Å². The van der Waals surface area contributed by atoms with Gasteiger partial charge in [0.15, 0.2) is 5.79 Å². The second kappa shape index (κ2) is 6.20. The lowest BCUT2D eigenvalue weighted by molar-refractivity contribution is -0.255. The molecule has 0 radical (unpaired) electrons. The number of carbonyl (C=O) groups is 1. The van der Waals surface area contributed by atoms with Gasteiger partial charge in [-0.3, -0.25) is 4.79 Å². The summed E-state index contributed by atoms with van der Waals surface area (Å²) in [4.78, 5) is 12.0. The third kappa shape index (κ3) is 2.74. The lowest BCUT2D eigenvalue weighted by Gasteiger charge is -2.46. The normalized spacial score (nSPS) is 46.3. The van der Waals surface area contributed by atoms with Crippen LogP contribution in [0.1, 0.15) is 74.1 Å². The highest BCUT2D eigenvalue weighted by Gasteiger charge is 2.78. The van der Waals surface area contributed by atoms with E-state index in [-0.39, 0.29) is 29.0 Å². The minimum absolute atomic E-state index is 0.0361. The van der Waals surface area contributed by atoms with Crippen LogP contribution < -0.4 is 0 Å². The van der Waals surface area contributed by atoms with Gasteiger partial charge in [-0.1, -0.05) is 33.8 Å². The van der Waals surface area contributed by atoms with Gasteiger partial charge in [0.2, 0.25) is 0 Å². The molecule has 3 aliphatic carbocycles. The fraction of sp³-hybridized carbons (Fsp3) is 0.800. The van der Waals surface area contributed by atoms with E-state index in [0.29, 0.717) is 18.4 Å². The number of fused-ring (bicyclic) bond motifs is 5. The van der Waals surface area contributed by atoms with Crippen LogP contribution in [0, 0.1) is 22.7 Å². The first-order chi connectivity index (χ1) is 13.9. The molecule has 0 N–H and O–H groups in total. The molecule has 5 nitrogen and oxygen atoms in total. The van der Waals surface area contributed by atoms with Crippen molar-refractivity contribution in [2.45, 2.75) is 97.9 Å². The van der Waals surface area contributed by atoms with Crippen molar-refractivity contribution in [3.8, 4) is 0 Å². The van der Waals surface area contributed by atoms with E-state index in [4.69, 9.17) is 18.9 Å². The van der Waals surface area contributed by atoms with Crippen molar-refractivity contribution in [1.29, 1.82) is 0 Å². The number of carbonyl (C=O) groups excluding carboxylic acids is 1. The SMILES string of the molecule is CC(=O)O[C@]12O[C@H]1[C@H](C(C)C)[C@@]1(C)CC[C@]3(C)CC[C@H]4OC(C)(C)OCC4=C3C=C21. The largest absolute Gasteiger partial charge is 0.426 e. The molecule has 30 heavy (non-hydrogen) atoms. The smallest absolute Gasteiger partial charge is 0.305 e. The number of rotatable bonds is 2. The summed E-state index contributed by atoms with van der Waals surface area (Å²) < 4.78 is 24.5. The zero-order chi connectivity index (χ0) is 21.7. The molecule has 0 spiro atoms. The van der Waals surface area contributed by atoms with Crippen molar-refractivity contribution >= 4 is 5.97 Å². The topological polar surface area (TPSA) is 57.3 Å². The number of epoxide rings is 1. The Balaban J connectivity index is 1.67. The Hall–Kier alpha value is -1.17. The molecular formula is C25H36O5. The molecule has 3 fully saturated rings. The van der Waals surface area contributed by atoms with E-state index in [0.717, 1.165) is 31.3 Å². The van der Waals surface area contributed by atoms with E-state index in [9.17, 15) is 4.79 Å². The third-order valence-corrected chi connectivity index (χ3v) is 8.51. The van der Waals surface area contributed by atoms with Gasteiger partial charge in [0.25, 0.3) is 5.79 Å². The van der Waals surface area contributed by atoms with E-state index < -0.39 is 11.6 Å². The number of esters is 1. The average Bonchev–Trinajstić information content (AvgIpc) is 3.28. The maximum Gasteiger partial charge on any atom is 0.305 e. The van der Waals surface area contributed by atoms with Gasteiger partial charge >= 0.3 is 5.97 Å². The van der Waals surface area contributed by atoms with Gasteiger partial charge in [-0.2, -0.15) is 0 Å². The summed E-state index contributed by atoms with van der Waals surface area (Å²) in [6.45, 7) is 15.4. The Morgan fingerprint density at radius 2 is 1.87 bits per heavy atom. The van der Waals surface area contributed by atoms with Crippen molar-refractivity contribution in [3.63, 3.8) is 0 Å². The van der Waals surface area contributed by atoms with Crippen LogP contribution in [0.3, 0.4) is 0 Å². The quantitative estimate of drug-likeness (QED) is 0.473. The van der Waals surface area contributed by atoms with E-state index in [1.54, 1.807) is 0 Å². The fourth-order valence-corrected chi connectivity index (χ4v) is 7.05. The van der Waals surface area contributed by atoms with Gasteiger partial charge in [-0.15, -0.1) is 0 Å². The van der Waals surface area contributed by atoms with Crippen molar-refractivity contribution in [2.75, 3.05) is 6.61 Å². The molecule has 0 bridgehead atoms. The molecule has 5 rings (SSSR count). The molecule has 5 heteroatoms. The molecule has 2 saturated heterocycles. The molecule has 166 valence electrons. The molecule has 2 heterocycles. The highest BCUT2D eigenvalue weighted by atomic mass is 16.8. The van der Waals surface area contributed by atoms with Crippen molar-refractivity contribution in [1.82, 2.24) is 0 Å². The lowest BCUT2D eigenvalue weighted by Crippen LogP contribution is -2.45. The molecule has 0 aromatic rings. The minimum Gasteiger partial charge on any atom is -0.426 e. The Bertz CT molecular complexity index is 854. The van der Waals surface area contributed by atoms with Gasteiger partial charge < -0.3 is 18.9 Å². The molecule has 0 unspecified atom stereocenters. The predicted molar refractivity (Wildman–Crippen MR) is 112 cm³/mol. The summed E-state index contributed by atoms with van der Waals surface area (Å²) in [5, 5.41) is 0. The van der Waals surface area contributed by atoms with Gasteiger partial charge in [0.1, 0.15) is 6.10 Å². The van der Waals surface area contributed by atoms with Crippen molar-refractivity contribution < 1.29 is 23.7 Å². The van der Waals surface area contributed by atoms with E-state index in [2.05, 4.69) is 33.8 Å². The van der Waals surface area contributed by atoms with Crippen LogP contribution in [-0.4, -0.2) is 36.4 Å². The van der Waals surface area contributed by atoms with Crippen LogP contribution in [0.2, 0.25) is 0 Å². The first kappa shape index (κ1) is 20.7. The Labute approximate surface area is 180 Å². The summed E-state index contributed by atoms with van der Waals surface area (Å²) >= 11 is 0. The first-order valence-corrected chi connectivity index (χ1v) is 11.6. The molecule has 0 aromatic heterocycles. The van der Waals surface area contributed by atoms with Gasteiger partial charge in [-0.25, -0.2) is 0 Å². The monoisotopic (exact) mass is 416 g/mol. The van der Waals surface area contributed by atoms with Crippen molar-refractivity contribution in [3.05, 3.63) is 22.8 Å². The zero-order valence-corrected chi connectivity index (χ0v) is 19.5. The third-order valence-electron chi connectivity index (χ3n) is 8.51. The maximum absolute atomic E-state index is 12.0. The van der Waals surface area contributed by atoms with Crippen molar-refractivity contribution in [2.24, 2.45) is 22.7 Å². The summed E-state index contributed by atoms with van der Waals surface area (Å²) in [7, 11) is 0. The lowest BCUT2D eigenvalue weighted by atomic mass is 9.65. The summed E-state index contributed by atoms with van der Waals surface area (Å²) in [6, 6.07) is 0. The second-order valence-electron chi connectivity index (χ2n) is 11.4. The van der Waals surface area contributed by atoms with Crippen LogP contribution in [-0.2, 0) is 23.7 Å². The Kier molecular flexibility index (Phi) is 4.28. The molecule has 1 saturated carbocycles. The number of ether oxygens (including phenoxy) is 4. The van der Waals surface area contributed by atoms with Gasteiger partial charge in [0, 0.05) is 23.8 Å². The zero-order valence-electron chi connectivity index (χ0n) is 19.5. The van der Waals surface area contributed by atoms with Crippen LogP contribution in [0.5, 0.6) is 0 Å². The van der Waals surface area contributed by atoms with Crippen LogP contribution >= 0.6 is 0 Å². The minimum atomic E-state index is -0.878. The van der Waals surface area contributed by atoms with E-state index >= 15 is 0 Å². The summed E-state index contributed by atoms with van der Waals surface area (Å²) in [6.07, 6.45) is 6.73. The van der Waals surface area contributed by atoms with E-state index in [1.165, 1.54) is 18.1 Å². The van der Waals surface area contributed by atoms with Gasteiger partial charge in [-0.05, 0) is 62.0 Å². The molecule has 0 amide bonds. The summed E-state index contributed by atoms with van der Waals surface area (Å²) in [5.74, 6) is -0.914. The van der Waals surface area contributed by atoms with Crippen LogP contribution in [0.15, 0.2) is 22.8 Å². The number of hydrogen-bond donors (Lipinski definition) is 0. The average molecular weight is 417 g/mol. The van der Waals surface area contributed by atoms with Crippen LogP contribution in [0.25, 0.3) is 0 Å². The second-order valence-corrected chi connectivity index (χ2v) is 11.4. The molecular weight excluding hydrogens is 380 g/mol. The number of hydrogen-bond acceptors (Lipinski definition) is 5. The predicted octanol–water partition coefficient (Wildman–Crippen LogP) is 4.91. The highest BCUT2D eigenvalue weighted by Crippen LogP contribution is 2.71. The first-order valence-electron chi connectivity index (χ1n) is 11.6. The highest BCUT2D eigenvalue weighted by molar-refractivity contribution is 5.68. The standard InChI is InChI=1S/C25H36O5/c1-14(2)20-21-25(30-21,28-15(3)26)19-12-17-16-13-27-22(4,5)29-18(16)8-9-23(17,6)10-11-24(19,20)7/h12,14,18,20-21H,8-11,13H2,1-7H3/t18-,20+,21+,23+,24+,25-/m1/s1. The number of allylic oxidation sites excluding steroid dienone is 2. The maximum atomic E-state index is 12.0.